The van der Waals surface area contributed by atoms with Gasteiger partial charge in [0.2, 0.25) is 0 Å². The quantitative estimate of drug-likeness (QED) is 0.390. The minimum Gasteiger partial charge on any atom is -0.756 e. The van der Waals surface area contributed by atoms with E-state index in [0.29, 0.717) is 0 Å². The first kappa shape index (κ1) is 30.3. The van der Waals surface area contributed by atoms with Crippen molar-refractivity contribution in [3.63, 3.8) is 0 Å². The summed E-state index contributed by atoms with van der Waals surface area (Å²) in [6, 6.07) is 0. The van der Waals surface area contributed by atoms with Crippen LogP contribution >= 0.6 is 16.1 Å². The van der Waals surface area contributed by atoms with Gasteiger partial charge in [-0.05, 0) is 6.92 Å². The molecular weight excluding hydrogens is 267 g/mol. The molecule has 0 saturated heterocycles. The standard InChI is InChI=1S/C2H7O4P.3Na.HO3P/c1-2-6-7(3,4)5;;;;1-4(2)3/h2H2,1H3,(H2,3,4,5);;;;(H,1,2,3)/q;3*+1;/p-2. The number of hydrogen-bond donors (Lipinski definition) is 1. The third-order valence-electron chi connectivity index (χ3n) is 0.292. The van der Waals surface area contributed by atoms with Gasteiger partial charge < -0.3 is 24.1 Å². The summed E-state index contributed by atoms with van der Waals surface area (Å²) in [7, 11) is -7.79. The molecule has 0 aliphatic heterocycles. The predicted molar refractivity (Wildman–Crippen MR) is 29.1 cm³/mol. The summed E-state index contributed by atoms with van der Waals surface area (Å²) >= 11 is 0. The summed E-state index contributed by atoms with van der Waals surface area (Å²) in [6.07, 6.45) is 0. The Bertz CT molecular complexity index is 155. The Balaban J connectivity index is -0.0000000347. The van der Waals surface area contributed by atoms with E-state index in [1.807, 2.05) is 0 Å². The zero-order chi connectivity index (χ0) is 9.49. The zero-order valence-corrected chi connectivity index (χ0v) is 16.3. The van der Waals surface area contributed by atoms with Crippen LogP contribution in [-0.2, 0) is 13.7 Å². The van der Waals surface area contributed by atoms with Gasteiger partial charge in [0.25, 0.3) is 16.1 Å². The molecule has 0 amide bonds. The fourth-order valence-corrected chi connectivity index (χ4v) is 0.489. The van der Waals surface area contributed by atoms with E-state index in [9.17, 15) is 9.46 Å². The van der Waals surface area contributed by atoms with E-state index in [2.05, 4.69) is 4.52 Å². The Labute approximate surface area is 149 Å². The molecule has 0 aromatic carbocycles. The molecule has 14 heavy (non-hydrogen) atoms. The number of rotatable bonds is 2. The van der Waals surface area contributed by atoms with Crippen LogP contribution in [0.5, 0.6) is 0 Å². The van der Waals surface area contributed by atoms with E-state index in [1.54, 1.807) is 0 Å². The third-order valence-corrected chi connectivity index (χ3v) is 0.877. The molecule has 0 aromatic rings. The Hall–Kier alpha value is 3.13. The second-order valence-electron chi connectivity index (χ2n) is 1.11. The van der Waals surface area contributed by atoms with Crippen molar-refractivity contribution in [2.24, 2.45) is 0 Å². The van der Waals surface area contributed by atoms with Crippen molar-refractivity contribution in [2.75, 3.05) is 6.61 Å². The second-order valence-corrected chi connectivity index (χ2v) is 2.75. The first-order valence-corrected chi connectivity index (χ1v) is 4.88. The minimum atomic E-state index is -4.42. The molecule has 0 aromatic heterocycles. The van der Waals surface area contributed by atoms with Crippen molar-refractivity contribution in [2.45, 2.75) is 6.92 Å². The fourth-order valence-electron chi connectivity index (χ4n) is 0.163. The molecule has 0 fully saturated rings. The molecule has 68 valence electrons. The van der Waals surface area contributed by atoms with Crippen LogP contribution in [0.3, 0.4) is 0 Å². The largest absolute Gasteiger partial charge is 1.00 e. The van der Waals surface area contributed by atoms with Gasteiger partial charge in [-0.1, -0.05) is 4.57 Å². The average molecular weight is 273 g/mol. The zero-order valence-electron chi connectivity index (χ0n) is 8.50. The van der Waals surface area contributed by atoms with Gasteiger partial charge in [-0.3, -0.25) is 4.57 Å². The van der Waals surface area contributed by atoms with E-state index < -0.39 is 16.1 Å². The molecule has 1 atom stereocenters. The number of hydrogen-bond acceptors (Lipinski definition) is 6. The Kier molecular flexibility index (Phi) is 40.0. The summed E-state index contributed by atoms with van der Waals surface area (Å²) in [4.78, 5) is 34.4. The van der Waals surface area contributed by atoms with Gasteiger partial charge in [-0.15, -0.1) is 0 Å². The van der Waals surface area contributed by atoms with Crippen molar-refractivity contribution in [1.82, 2.24) is 0 Å². The van der Waals surface area contributed by atoms with Crippen molar-refractivity contribution in [3.05, 3.63) is 0 Å². The maximum atomic E-state index is 9.59. The van der Waals surface area contributed by atoms with Gasteiger partial charge in [0, 0.05) is 0 Å². The maximum Gasteiger partial charge on any atom is 1.00 e. The van der Waals surface area contributed by atoms with Crippen LogP contribution < -0.4 is 103 Å². The van der Waals surface area contributed by atoms with Crippen LogP contribution in [0.1, 0.15) is 6.92 Å². The molecule has 12 heteroatoms. The van der Waals surface area contributed by atoms with Gasteiger partial charge in [0.05, 0.1) is 6.61 Å². The van der Waals surface area contributed by atoms with Crippen LogP contribution in [-0.4, -0.2) is 11.5 Å². The molecule has 7 nitrogen and oxygen atoms in total. The fraction of sp³-hybridized carbons (Fsp3) is 1.00. The first-order valence-electron chi connectivity index (χ1n) is 2.29. The number of phosphoric ester groups is 1. The molecule has 0 bridgehead atoms. The maximum absolute atomic E-state index is 9.59. The molecule has 0 spiro atoms. The normalized spacial score (nSPS) is 11.2. The monoisotopic (exact) mass is 273 g/mol. The molecule has 0 saturated carbocycles. The molecule has 0 heterocycles. The van der Waals surface area contributed by atoms with E-state index in [0.717, 1.165) is 0 Å². The smallest absolute Gasteiger partial charge is 0.756 e. The Morgan fingerprint density at radius 1 is 1.36 bits per heavy atom. The summed E-state index contributed by atoms with van der Waals surface area (Å²) in [5, 5.41) is 0. The Morgan fingerprint density at radius 3 is 1.57 bits per heavy atom. The van der Waals surface area contributed by atoms with E-state index >= 15 is 0 Å². The molecular formula is C2H6Na3O7P2+. The van der Waals surface area contributed by atoms with Crippen molar-refractivity contribution in [1.29, 1.82) is 0 Å². The van der Waals surface area contributed by atoms with Gasteiger partial charge in [-0.2, -0.15) is 0 Å². The van der Waals surface area contributed by atoms with Crippen LogP contribution in [0, 0.1) is 0 Å². The first-order chi connectivity index (χ1) is 4.79. The van der Waals surface area contributed by atoms with Crippen LogP contribution in [0.2, 0.25) is 0 Å². The molecule has 0 aliphatic rings. The summed E-state index contributed by atoms with van der Waals surface area (Å²) in [6.45, 7) is 1.46. The van der Waals surface area contributed by atoms with Gasteiger partial charge >= 0.3 is 88.7 Å². The van der Waals surface area contributed by atoms with Crippen LogP contribution in [0.15, 0.2) is 0 Å². The summed E-state index contributed by atoms with van der Waals surface area (Å²) in [5.74, 6) is 0. The van der Waals surface area contributed by atoms with Gasteiger partial charge in [-0.25, -0.2) is 0 Å². The van der Waals surface area contributed by atoms with Gasteiger partial charge in [0.15, 0.2) is 0 Å². The average Bonchev–Trinajstić information content (AvgIpc) is 1.58. The molecule has 0 radical (unpaired) electrons. The van der Waals surface area contributed by atoms with Crippen LogP contribution in [0.25, 0.3) is 0 Å². The van der Waals surface area contributed by atoms with E-state index in [1.165, 1.54) is 6.92 Å². The van der Waals surface area contributed by atoms with E-state index in [-0.39, 0.29) is 95.3 Å². The third kappa shape index (κ3) is 59.4. The minimum absolute atomic E-state index is 0. The summed E-state index contributed by atoms with van der Waals surface area (Å²) < 4.78 is 21.9. The SMILES string of the molecule is CCOP(=O)([O-])O.O=[P+]([O-])[O-].[Na+].[Na+].[Na+]. The topological polar surface area (TPSA) is 133 Å². The molecule has 0 aliphatic carbocycles. The van der Waals surface area contributed by atoms with Crippen molar-refractivity contribution < 1.29 is 122 Å². The van der Waals surface area contributed by atoms with E-state index in [4.69, 9.17) is 19.2 Å². The number of phosphoric acid groups is 1. The van der Waals surface area contributed by atoms with Gasteiger partial charge in [0.1, 0.15) is 0 Å². The Morgan fingerprint density at radius 2 is 1.57 bits per heavy atom. The predicted octanol–water partition coefficient (Wildman–Crippen LogP) is -11.1. The molecule has 1 unspecified atom stereocenters. The summed E-state index contributed by atoms with van der Waals surface area (Å²) in [5.41, 5.74) is 0. The van der Waals surface area contributed by atoms with Crippen molar-refractivity contribution >= 4 is 16.1 Å². The molecule has 0 rings (SSSR count). The van der Waals surface area contributed by atoms with Crippen LogP contribution in [0.4, 0.5) is 0 Å². The second kappa shape index (κ2) is 18.5. The van der Waals surface area contributed by atoms with Crippen molar-refractivity contribution in [3.8, 4) is 0 Å². The molecule has 1 N–H and O–H groups in total.